The fourth-order valence-electron chi connectivity index (χ4n) is 4.17. The van der Waals surface area contributed by atoms with E-state index in [1.165, 1.54) is 12.5 Å². The molecule has 0 amide bonds. The number of halogens is 3. The Morgan fingerprint density at radius 2 is 1.86 bits per heavy atom. The fraction of sp³-hybridized carbons (Fsp3) is 0.462. The molecule has 0 saturated heterocycles. The Labute approximate surface area is 202 Å². The summed E-state index contributed by atoms with van der Waals surface area (Å²) in [6.07, 6.45) is -1.11. The van der Waals surface area contributed by atoms with Crippen molar-refractivity contribution >= 4 is 16.7 Å². The number of aromatic nitrogens is 2. The van der Waals surface area contributed by atoms with Gasteiger partial charge in [-0.1, -0.05) is 12.1 Å². The van der Waals surface area contributed by atoms with E-state index in [0.29, 0.717) is 52.8 Å². The minimum absolute atomic E-state index is 0.0567. The number of hydrogen-bond donors (Lipinski definition) is 1. The molecule has 1 heterocycles. The molecule has 0 bridgehead atoms. The first kappa shape index (κ1) is 25.0. The third kappa shape index (κ3) is 5.78. The summed E-state index contributed by atoms with van der Waals surface area (Å²) in [6.45, 7) is 6.47. The van der Waals surface area contributed by atoms with E-state index >= 15 is 0 Å². The van der Waals surface area contributed by atoms with Crippen LogP contribution >= 0.6 is 0 Å². The summed E-state index contributed by atoms with van der Waals surface area (Å²) >= 11 is 0. The van der Waals surface area contributed by atoms with Crippen molar-refractivity contribution in [2.45, 2.75) is 57.9 Å². The Balaban J connectivity index is 1.58. The number of anilines is 1. The Morgan fingerprint density at radius 1 is 1.09 bits per heavy atom. The number of fused-ring (bicyclic) bond motifs is 1. The average Bonchev–Trinajstić information content (AvgIpc) is 2.79. The minimum Gasteiger partial charge on any atom is -0.493 e. The van der Waals surface area contributed by atoms with Crippen molar-refractivity contribution in [1.82, 2.24) is 9.97 Å². The van der Waals surface area contributed by atoms with Crippen LogP contribution in [0.5, 0.6) is 11.5 Å². The topological polar surface area (TPSA) is 65.5 Å². The molecule has 3 aromatic rings. The summed E-state index contributed by atoms with van der Waals surface area (Å²) in [5, 5.41) is 3.93. The van der Waals surface area contributed by atoms with E-state index in [1.807, 2.05) is 0 Å². The SMILES string of the molecule is COc1cc2nc(C)nc(N[C@H](C)c3cccc(C(F)(F)F)c3)c2cc1OCCOC1(C)CCC1. The maximum atomic E-state index is 13.2. The number of alkyl halides is 3. The molecule has 1 N–H and O–H groups in total. The molecule has 0 unspecified atom stereocenters. The number of methoxy groups -OCH3 is 1. The van der Waals surface area contributed by atoms with Crippen LogP contribution in [0.1, 0.15) is 56.1 Å². The van der Waals surface area contributed by atoms with Crippen molar-refractivity contribution in [3.8, 4) is 11.5 Å². The fourth-order valence-corrected chi connectivity index (χ4v) is 4.17. The monoisotopic (exact) mass is 489 g/mol. The second-order valence-electron chi connectivity index (χ2n) is 9.13. The quantitative estimate of drug-likeness (QED) is 0.347. The van der Waals surface area contributed by atoms with Crippen LogP contribution in [0.25, 0.3) is 10.9 Å². The maximum absolute atomic E-state index is 13.2. The van der Waals surface area contributed by atoms with E-state index in [1.54, 1.807) is 39.2 Å². The number of nitrogens with one attached hydrogen (secondary N) is 1. The molecule has 0 aliphatic heterocycles. The van der Waals surface area contributed by atoms with E-state index in [9.17, 15) is 13.2 Å². The molecule has 1 aromatic heterocycles. The minimum atomic E-state index is -4.41. The molecule has 1 fully saturated rings. The molecule has 4 rings (SSSR count). The Bertz CT molecular complexity index is 1200. The molecule has 188 valence electrons. The lowest BCUT2D eigenvalue weighted by Crippen LogP contribution is -2.37. The van der Waals surface area contributed by atoms with Crippen LogP contribution in [0, 0.1) is 6.92 Å². The van der Waals surface area contributed by atoms with Gasteiger partial charge in [-0.15, -0.1) is 0 Å². The molecule has 9 heteroatoms. The summed E-state index contributed by atoms with van der Waals surface area (Å²) in [7, 11) is 1.56. The highest BCUT2D eigenvalue weighted by molar-refractivity contribution is 5.92. The largest absolute Gasteiger partial charge is 0.493 e. The Kier molecular flexibility index (Phi) is 7.07. The summed E-state index contributed by atoms with van der Waals surface area (Å²) < 4.78 is 56.9. The summed E-state index contributed by atoms with van der Waals surface area (Å²) in [6, 6.07) is 8.40. The number of nitrogens with zero attached hydrogens (tertiary/aromatic N) is 2. The zero-order valence-electron chi connectivity index (χ0n) is 20.3. The van der Waals surface area contributed by atoms with Crippen molar-refractivity contribution in [3.63, 3.8) is 0 Å². The van der Waals surface area contributed by atoms with Crippen LogP contribution < -0.4 is 14.8 Å². The van der Waals surface area contributed by atoms with Crippen molar-refractivity contribution in [2.24, 2.45) is 0 Å². The van der Waals surface area contributed by atoms with E-state index in [4.69, 9.17) is 14.2 Å². The third-order valence-corrected chi connectivity index (χ3v) is 6.36. The smallest absolute Gasteiger partial charge is 0.416 e. The van der Waals surface area contributed by atoms with Gasteiger partial charge in [-0.05, 0) is 63.8 Å². The van der Waals surface area contributed by atoms with E-state index in [-0.39, 0.29) is 5.60 Å². The number of aryl methyl sites for hydroxylation is 1. The molecule has 6 nitrogen and oxygen atoms in total. The van der Waals surface area contributed by atoms with Gasteiger partial charge in [0.1, 0.15) is 18.2 Å². The van der Waals surface area contributed by atoms with Crippen LogP contribution in [0.15, 0.2) is 36.4 Å². The summed E-state index contributed by atoms with van der Waals surface area (Å²) in [5.41, 5.74) is 0.388. The molecule has 1 aliphatic carbocycles. The Morgan fingerprint density at radius 3 is 2.51 bits per heavy atom. The van der Waals surface area contributed by atoms with Crippen LogP contribution in [-0.2, 0) is 10.9 Å². The lowest BCUT2D eigenvalue weighted by molar-refractivity contribution is -0.137. The zero-order valence-corrected chi connectivity index (χ0v) is 20.3. The molecule has 1 aliphatic rings. The number of hydrogen-bond acceptors (Lipinski definition) is 6. The van der Waals surface area contributed by atoms with Crippen molar-refractivity contribution in [2.75, 3.05) is 25.6 Å². The van der Waals surface area contributed by atoms with Gasteiger partial charge in [0, 0.05) is 17.5 Å². The molecule has 2 aromatic carbocycles. The first-order valence-electron chi connectivity index (χ1n) is 11.6. The highest BCUT2D eigenvalue weighted by atomic mass is 19.4. The van der Waals surface area contributed by atoms with Crippen LogP contribution in [0.3, 0.4) is 0 Å². The number of benzene rings is 2. The van der Waals surface area contributed by atoms with E-state index in [2.05, 4.69) is 22.2 Å². The van der Waals surface area contributed by atoms with E-state index < -0.39 is 17.8 Å². The van der Waals surface area contributed by atoms with Gasteiger partial charge in [0.05, 0.1) is 30.4 Å². The predicted octanol–water partition coefficient (Wildman–Crippen LogP) is 6.48. The predicted molar refractivity (Wildman–Crippen MR) is 128 cm³/mol. The lowest BCUT2D eigenvalue weighted by Gasteiger charge is -2.38. The highest BCUT2D eigenvalue weighted by Gasteiger charge is 2.32. The van der Waals surface area contributed by atoms with Crippen LogP contribution in [0.2, 0.25) is 0 Å². The highest BCUT2D eigenvalue weighted by Crippen LogP contribution is 2.37. The standard InChI is InChI=1S/C26H30F3N3O3/c1-16(18-7-5-8-19(13-18)26(27,28)29)30-24-20-14-23(34-11-12-35-25(3)9-6-10-25)22(33-4)15-21(20)31-17(2)32-24/h5,7-8,13-16H,6,9-12H2,1-4H3,(H,30,31,32)/t16-/m1/s1. The van der Waals surface area contributed by atoms with E-state index in [0.717, 1.165) is 25.0 Å². The van der Waals surface area contributed by atoms with Gasteiger partial charge in [-0.3, -0.25) is 0 Å². The average molecular weight is 490 g/mol. The first-order valence-corrected chi connectivity index (χ1v) is 11.6. The molecule has 1 atom stereocenters. The van der Waals surface area contributed by atoms with Crippen LogP contribution in [-0.4, -0.2) is 35.9 Å². The van der Waals surface area contributed by atoms with Gasteiger partial charge in [0.2, 0.25) is 0 Å². The molecule has 0 spiro atoms. The summed E-state index contributed by atoms with van der Waals surface area (Å²) in [4.78, 5) is 9.02. The van der Waals surface area contributed by atoms with Gasteiger partial charge in [-0.2, -0.15) is 13.2 Å². The lowest BCUT2D eigenvalue weighted by atomic mass is 9.82. The second kappa shape index (κ2) is 9.89. The maximum Gasteiger partial charge on any atom is 0.416 e. The van der Waals surface area contributed by atoms with Crippen LogP contribution in [0.4, 0.5) is 19.0 Å². The second-order valence-corrected chi connectivity index (χ2v) is 9.13. The van der Waals surface area contributed by atoms with Crippen molar-refractivity contribution < 1.29 is 27.4 Å². The number of ether oxygens (including phenoxy) is 3. The van der Waals surface area contributed by atoms with Crippen molar-refractivity contribution in [3.05, 3.63) is 53.3 Å². The van der Waals surface area contributed by atoms with Gasteiger partial charge in [0.15, 0.2) is 11.5 Å². The van der Waals surface area contributed by atoms with Gasteiger partial charge < -0.3 is 19.5 Å². The molecule has 35 heavy (non-hydrogen) atoms. The summed E-state index contributed by atoms with van der Waals surface area (Å²) in [5.74, 6) is 2.07. The van der Waals surface area contributed by atoms with Crippen molar-refractivity contribution in [1.29, 1.82) is 0 Å². The van der Waals surface area contributed by atoms with Gasteiger partial charge in [-0.25, -0.2) is 9.97 Å². The third-order valence-electron chi connectivity index (χ3n) is 6.36. The molecule has 1 saturated carbocycles. The van der Waals surface area contributed by atoms with Gasteiger partial charge >= 0.3 is 6.18 Å². The van der Waals surface area contributed by atoms with Gasteiger partial charge in [0.25, 0.3) is 0 Å². The zero-order chi connectivity index (χ0) is 25.2. The number of rotatable bonds is 9. The molecular weight excluding hydrogens is 459 g/mol. The molecule has 0 radical (unpaired) electrons. The first-order chi connectivity index (χ1) is 16.6. The normalized spacial score (nSPS) is 16.0. The molecular formula is C26H30F3N3O3. The Hall–Kier alpha value is -3.07.